The number of benzene rings is 1. The maximum Gasteiger partial charge on any atom is 0.240 e. The average molecular weight is 310 g/mol. The Morgan fingerprint density at radius 3 is 2.33 bits per heavy atom. The van der Waals surface area contributed by atoms with Crippen molar-refractivity contribution in [2.75, 3.05) is 13.2 Å². The Hall–Kier alpha value is -1.11. The molecule has 0 saturated heterocycles. The minimum absolute atomic E-state index is 0.130. The zero-order valence-electron chi connectivity index (χ0n) is 12.0. The van der Waals surface area contributed by atoms with Crippen molar-refractivity contribution in [2.24, 2.45) is 0 Å². The molecule has 116 valence electrons. The van der Waals surface area contributed by atoms with Gasteiger partial charge in [-0.15, -0.1) is 0 Å². The zero-order chi connectivity index (χ0) is 14.7. The molecule has 0 heterocycles. The van der Waals surface area contributed by atoms with E-state index in [9.17, 15) is 8.42 Å². The molecule has 0 aliphatic heterocycles. The standard InChI is InChI=1S/C15H22N2O3S/c18-21(19,17-13-4-5-13)15-8-6-14(7-9-15)20-11-1-10-16-12-2-3-12/h6-9,12-13,16-17H,1-5,10-11H2. The first-order valence-corrected chi connectivity index (χ1v) is 9.10. The van der Waals surface area contributed by atoms with Crippen molar-refractivity contribution in [3.63, 3.8) is 0 Å². The number of sulfonamides is 1. The van der Waals surface area contributed by atoms with Gasteiger partial charge in [0.15, 0.2) is 0 Å². The van der Waals surface area contributed by atoms with Crippen molar-refractivity contribution in [1.29, 1.82) is 0 Å². The Kier molecular flexibility index (Phi) is 4.47. The summed E-state index contributed by atoms with van der Waals surface area (Å²) in [6, 6.07) is 7.50. The third-order valence-electron chi connectivity index (χ3n) is 3.63. The monoisotopic (exact) mass is 310 g/mol. The van der Waals surface area contributed by atoms with Gasteiger partial charge in [-0.3, -0.25) is 0 Å². The summed E-state index contributed by atoms with van der Waals surface area (Å²) in [4.78, 5) is 0.303. The van der Waals surface area contributed by atoms with Crippen molar-refractivity contribution in [1.82, 2.24) is 10.0 Å². The van der Waals surface area contributed by atoms with E-state index < -0.39 is 10.0 Å². The van der Waals surface area contributed by atoms with Crippen LogP contribution in [-0.2, 0) is 10.0 Å². The molecule has 0 amide bonds. The summed E-state index contributed by atoms with van der Waals surface area (Å²) >= 11 is 0. The number of hydrogen-bond acceptors (Lipinski definition) is 4. The van der Waals surface area contributed by atoms with E-state index >= 15 is 0 Å². The van der Waals surface area contributed by atoms with E-state index in [1.807, 2.05) is 0 Å². The number of rotatable bonds is 9. The molecule has 0 unspecified atom stereocenters. The molecular formula is C15H22N2O3S. The van der Waals surface area contributed by atoms with Crippen LogP contribution in [0.4, 0.5) is 0 Å². The van der Waals surface area contributed by atoms with E-state index in [1.54, 1.807) is 24.3 Å². The fourth-order valence-electron chi connectivity index (χ4n) is 2.06. The molecule has 2 N–H and O–H groups in total. The minimum atomic E-state index is -3.36. The Bertz CT molecular complexity index is 563. The van der Waals surface area contributed by atoms with Crippen LogP contribution in [-0.4, -0.2) is 33.7 Å². The van der Waals surface area contributed by atoms with Gasteiger partial charge in [0.05, 0.1) is 11.5 Å². The highest BCUT2D eigenvalue weighted by molar-refractivity contribution is 7.89. The van der Waals surface area contributed by atoms with Crippen LogP contribution in [0.1, 0.15) is 32.1 Å². The lowest BCUT2D eigenvalue weighted by molar-refractivity contribution is 0.308. The molecule has 5 nitrogen and oxygen atoms in total. The predicted octanol–water partition coefficient (Wildman–Crippen LogP) is 1.65. The molecule has 2 saturated carbocycles. The van der Waals surface area contributed by atoms with Gasteiger partial charge in [0, 0.05) is 12.1 Å². The molecule has 0 spiro atoms. The van der Waals surface area contributed by atoms with Crippen molar-refractivity contribution >= 4 is 10.0 Å². The summed E-state index contributed by atoms with van der Waals surface area (Å²) in [7, 11) is -3.36. The molecular weight excluding hydrogens is 288 g/mol. The van der Waals surface area contributed by atoms with Crippen LogP contribution in [0.3, 0.4) is 0 Å². The summed E-state index contributed by atoms with van der Waals surface area (Å²) in [5.74, 6) is 0.715. The first-order valence-electron chi connectivity index (χ1n) is 7.62. The van der Waals surface area contributed by atoms with E-state index in [0.29, 0.717) is 17.3 Å². The fourth-order valence-corrected chi connectivity index (χ4v) is 3.36. The van der Waals surface area contributed by atoms with Gasteiger partial charge in [-0.25, -0.2) is 13.1 Å². The van der Waals surface area contributed by atoms with E-state index in [0.717, 1.165) is 31.8 Å². The summed E-state index contributed by atoms with van der Waals surface area (Å²) in [5.41, 5.74) is 0. The molecule has 0 aromatic heterocycles. The maximum atomic E-state index is 12.0. The second-order valence-electron chi connectivity index (χ2n) is 5.80. The summed E-state index contributed by atoms with van der Waals surface area (Å²) in [6.07, 6.45) is 5.43. The maximum absolute atomic E-state index is 12.0. The molecule has 2 aliphatic rings. The molecule has 0 bridgehead atoms. The molecule has 0 radical (unpaired) electrons. The highest BCUT2D eigenvalue weighted by Crippen LogP contribution is 2.23. The van der Waals surface area contributed by atoms with Crippen LogP contribution in [0, 0.1) is 0 Å². The van der Waals surface area contributed by atoms with Crippen LogP contribution in [0.2, 0.25) is 0 Å². The highest BCUT2D eigenvalue weighted by atomic mass is 32.2. The third-order valence-corrected chi connectivity index (χ3v) is 5.17. The van der Waals surface area contributed by atoms with Crippen molar-refractivity contribution in [2.45, 2.75) is 49.1 Å². The number of ether oxygens (including phenoxy) is 1. The SMILES string of the molecule is O=S(=O)(NC1CC1)c1ccc(OCCCNC2CC2)cc1. The first-order chi connectivity index (χ1) is 10.1. The average Bonchev–Trinajstić information content (AvgIpc) is 3.34. The fraction of sp³-hybridized carbons (Fsp3) is 0.600. The summed E-state index contributed by atoms with van der Waals surface area (Å²) in [5, 5.41) is 3.43. The lowest BCUT2D eigenvalue weighted by atomic mass is 10.3. The van der Waals surface area contributed by atoms with E-state index in [1.165, 1.54) is 12.8 Å². The summed E-state index contributed by atoms with van der Waals surface area (Å²) in [6.45, 7) is 1.62. The molecule has 6 heteroatoms. The minimum Gasteiger partial charge on any atom is -0.494 e. The van der Waals surface area contributed by atoms with Crippen LogP contribution in [0.25, 0.3) is 0 Å². The molecule has 1 aromatic rings. The molecule has 2 aliphatic carbocycles. The smallest absolute Gasteiger partial charge is 0.240 e. The lowest BCUT2D eigenvalue weighted by Crippen LogP contribution is -2.25. The Morgan fingerprint density at radius 2 is 1.71 bits per heavy atom. The zero-order valence-corrected chi connectivity index (χ0v) is 12.9. The lowest BCUT2D eigenvalue weighted by Gasteiger charge is -2.08. The molecule has 0 atom stereocenters. The van der Waals surface area contributed by atoms with Crippen LogP contribution < -0.4 is 14.8 Å². The second kappa shape index (κ2) is 6.34. The Balaban J connectivity index is 1.44. The Labute approximate surface area is 126 Å². The van der Waals surface area contributed by atoms with Gasteiger partial charge >= 0.3 is 0 Å². The predicted molar refractivity (Wildman–Crippen MR) is 80.9 cm³/mol. The van der Waals surface area contributed by atoms with Gasteiger partial charge in [0.1, 0.15) is 5.75 Å². The Morgan fingerprint density at radius 1 is 1.05 bits per heavy atom. The topological polar surface area (TPSA) is 67.4 Å². The highest BCUT2D eigenvalue weighted by Gasteiger charge is 2.27. The third kappa shape index (κ3) is 4.69. The van der Waals surface area contributed by atoms with Gasteiger partial charge in [-0.2, -0.15) is 0 Å². The molecule has 2 fully saturated rings. The van der Waals surface area contributed by atoms with Crippen molar-refractivity contribution in [3.05, 3.63) is 24.3 Å². The van der Waals surface area contributed by atoms with Crippen molar-refractivity contribution in [3.8, 4) is 5.75 Å². The van der Waals surface area contributed by atoms with Crippen molar-refractivity contribution < 1.29 is 13.2 Å². The quantitative estimate of drug-likeness (QED) is 0.681. The van der Waals surface area contributed by atoms with Crippen LogP contribution >= 0.6 is 0 Å². The molecule has 21 heavy (non-hydrogen) atoms. The van der Waals surface area contributed by atoms with E-state index in [2.05, 4.69) is 10.0 Å². The van der Waals surface area contributed by atoms with E-state index in [-0.39, 0.29) is 6.04 Å². The first kappa shape index (κ1) is 14.8. The van der Waals surface area contributed by atoms with Gasteiger partial charge in [-0.1, -0.05) is 0 Å². The van der Waals surface area contributed by atoms with Crippen LogP contribution in [0.15, 0.2) is 29.2 Å². The van der Waals surface area contributed by atoms with E-state index in [4.69, 9.17) is 4.74 Å². The summed E-state index contributed by atoms with van der Waals surface area (Å²) < 4.78 is 32.3. The van der Waals surface area contributed by atoms with Gasteiger partial charge in [0.25, 0.3) is 0 Å². The normalized spacial score (nSPS) is 18.7. The molecule has 1 aromatic carbocycles. The largest absolute Gasteiger partial charge is 0.494 e. The van der Waals surface area contributed by atoms with Gasteiger partial charge < -0.3 is 10.1 Å². The number of hydrogen-bond donors (Lipinski definition) is 2. The molecule has 3 rings (SSSR count). The van der Waals surface area contributed by atoms with Gasteiger partial charge in [0.2, 0.25) is 10.0 Å². The van der Waals surface area contributed by atoms with Gasteiger partial charge in [-0.05, 0) is 62.9 Å². The second-order valence-corrected chi connectivity index (χ2v) is 7.51. The number of nitrogens with one attached hydrogen (secondary N) is 2. The van der Waals surface area contributed by atoms with Crippen LogP contribution in [0.5, 0.6) is 5.75 Å².